The molecule has 0 spiro atoms. The van der Waals surface area contributed by atoms with Crippen LogP contribution in [0.4, 0.5) is 4.39 Å². The van der Waals surface area contributed by atoms with E-state index in [1.807, 2.05) is 0 Å². The summed E-state index contributed by atoms with van der Waals surface area (Å²) in [4.78, 5) is 11.6. The summed E-state index contributed by atoms with van der Waals surface area (Å²) >= 11 is 3.07. The lowest BCUT2D eigenvalue weighted by atomic mass is 10.1. The highest BCUT2D eigenvalue weighted by Crippen LogP contribution is 2.32. The normalized spacial score (nSPS) is 10.5. The van der Waals surface area contributed by atoms with Crippen molar-refractivity contribution in [2.24, 2.45) is 0 Å². The standard InChI is InChI=1S/C11H9BrFN3O3/c1-2-19-11(18)10-9(14-16-15-10)5-3-6(12)8(17)4-7(5)13/h3-4,17H,2H2,1H3,(H,14,15,16). The molecule has 1 heterocycles. The van der Waals surface area contributed by atoms with Gasteiger partial charge in [-0.15, -0.1) is 5.10 Å². The van der Waals surface area contributed by atoms with Crippen molar-refractivity contribution in [3.8, 4) is 17.0 Å². The van der Waals surface area contributed by atoms with Crippen molar-refractivity contribution in [3.63, 3.8) is 0 Å². The van der Waals surface area contributed by atoms with Crippen molar-refractivity contribution in [3.05, 3.63) is 28.1 Å². The number of halogens is 2. The molecule has 2 aromatic rings. The van der Waals surface area contributed by atoms with Gasteiger partial charge >= 0.3 is 5.97 Å². The number of hydrogen-bond acceptors (Lipinski definition) is 5. The summed E-state index contributed by atoms with van der Waals surface area (Å²) in [6, 6.07) is 2.23. The van der Waals surface area contributed by atoms with Crippen molar-refractivity contribution in [2.45, 2.75) is 6.92 Å². The molecule has 8 heteroatoms. The van der Waals surface area contributed by atoms with Crippen molar-refractivity contribution in [1.29, 1.82) is 0 Å². The number of H-pyrrole nitrogens is 1. The number of carbonyl (C=O) groups excluding carboxylic acids is 1. The number of aromatic hydroxyl groups is 1. The van der Waals surface area contributed by atoms with E-state index in [2.05, 4.69) is 31.3 Å². The minimum Gasteiger partial charge on any atom is -0.507 e. The lowest BCUT2D eigenvalue weighted by molar-refractivity contribution is 0.0520. The second-order valence-electron chi connectivity index (χ2n) is 3.52. The number of aromatic nitrogens is 3. The van der Waals surface area contributed by atoms with Crippen LogP contribution in [0.15, 0.2) is 16.6 Å². The summed E-state index contributed by atoms with van der Waals surface area (Å²) in [6.45, 7) is 1.82. The van der Waals surface area contributed by atoms with Crippen molar-refractivity contribution >= 4 is 21.9 Å². The molecule has 0 amide bonds. The second-order valence-corrected chi connectivity index (χ2v) is 4.38. The average molecular weight is 330 g/mol. The monoisotopic (exact) mass is 329 g/mol. The van der Waals surface area contributed by atoms with Gasteiger partial charge in [0.05, 0.1) is 11.1 Å². The van der Waals surface area contributed by atoms with E-state index >= 15 is 0 Å². The van der Waals surface area contributed by atoms with Crippen LogP contribution in [0.1, 0.15) is 17.4 Å². The zero-order chi connectivity index (χ0) is 14.0. The van der Waals surface area contributed by atoms with Crippen LogP contribution in [0.5, 0.6) is 5.75 Å². The third-order valence-corrected chi connectivity index (χ3v) is 2.94. The first-order valence-corrected chi connectivity index (χ1v) is 6.10. The molecule has 100 valence electrons. The fourth-order valence-corrected chi connectivity index (χ4v) is 1.82. The van der Waals surface area contributed by atoms with E-state index in [9.17, 15) is 14.3 Å². The average Bonchev–Trinajstić information content (AvgIpc) is 2.83. The predicted octanol–water partition coefficient (Wildman–Crippen LogP) is 2.26. The zero-order valence-corrected chi connectivity index (χ0v) is 11.4. The number of esters is 1. The zero-order valence-electron chi connectivity index (χ0n) is 9.78. The van der Waals surface area contributed by atoms with Gasteiger partial charge in [-0.1, -0.05) is 0 Å². The van der Waals surface area contributed by atoms with Gasteiger partial charge in [-0.3, -0.25) is 0 Å². The van der Waals surface area contributed by atoms with Gasteiger partial charge in [0.25, 0.3) is 0 Å². The van der Waals surface area contributed by atoms with Crippen molar-refractivity contribution in [1.82, 2.24) is 15.4 Å². The Labute approximate surface area is 115 Å². The van der Waals surface area contributed by atoms with Crippen LogP contribution in [0.25, 0.3) is 11.3 Å². The van der Waals surface area contributed by atoms with E-state index in [0.29, 0.717) is 0 Å². The Balaban J connectivity index is 2.51. The number of rotatable bonds is 3. The third kappa shape index (κ3) is 2.58. The van der Waals surface area contributed by atoms with Gasteiger partial charge in [-0.25, -0.2) is 9.18 Å². The molecule has 2 N–H and O–H groups in total. The quantitative estimate of drug-likeness (QED) is 0.843. The first kappa shape index (κ1) is 13.5. The number of carbonyl (C=O) groups is 1. The number of benzene rings is 1. The highest BCUT2D eigenvalue weighted by atomic mass is 79.9. The number of hydrogen-bond donors (Lipinski definition) is 2. The summed E-state index contributed by atoms with van der Waals surface area (Å²) < 4.78 is 18.9. The summed E-state index contributed by atoms with van der Waals surface area (Å²) in [5.74, 6) is -1.67. The van der Waals surface area contributed by atoms with E-state index < -0.39 is 11.8 Å². The van der Waals surface area contributed by atoms with Gasteiger partial charge in [-0.05, 0) is 28.9 Å². The molecule has 2 rings (SSSR count). The molecular formula is C11H9BrFN3O3. The molecular weight excluding hydrogens is 321 g/mol. The lowest BCUT2D eigenvalue weighted by Gasteiger charge is -2.04. The first-order chi connectivity index (χ1) is 9.04. The van der Waals surface area contributed by atoms with Crippen LogP contribution in [-0.4, -0.2) is 33.1 Å². The lowest BCUT2D eigenvalue weighted by Crippen LogP contribution is -2.07. The maximum absolute atomic E-state index is 13.8. The van der Waals surface area contributed by atoms with E-state index in [4.69, 9.17) is 4.74 Å². The number of ether oxygens (including phenoxy) is 1. The van der Waals surface area contributed by atoms with Crippen LogP contribution < -0.4 is 0 Å². The molecule has 1 aromatic heterocycles. The number of phenols is 1. The van der Waals surface area contributed by atoms with Crippen LogP contribution in [0.2, 0.25) is 0 Å². The molecule has 0 saturated carbocycles. The molecule has 0 unspecified atom stereocenters. The summed E-state index contributed by atoms with van der Waals surface area (Å²) in [7, 11) is 0. The molecule has 0 aliphatic rings. The van der Waals surface area contributed by atoms with E-state index in [0.717, 1.165) is 6.07 Å². The maximum Gasteiger partial charge on any atom is 0.361 e. The fraction of sp³-hybridized carbons (Fsp3) is 0.182. The Bertz CT molecular complexity index is 630. The smallest absolute Gasteiger partial charge is 0.361 e. The van der Waals surface area contributed by atoms with Gasteiger partial charge in [0, 0.05) is 11.6 Å². The molecule has 0 aliphatic heterocycles. The predicted molar refractivity (Wildman–Crippen MR) is 67.1 cm³/mol. The van der Waals surface area contributed by atoms with Crippen molar-refractivity contribution < 1.29 is 19.0 Å². The highest BCUT2D eigenvalue weighted by molar-refractivity contribution is 9.10. The van der Waals surface area contributed by atoms with E-state index in [1.54, 1.807) is 6.92 Å². The molecule has 0 fully saturated rings. The fourth-order valence-electron chi connectivity index (χ4n) is 1.48. The van der Waals surface area contributed by atoms with Crippen LogP contribution >= 0.6 is 15.9 Å². The van der Waals surface area contributed by atoms with Gasteiger partial charge in [0.1, 0.15) is 17.3 Å². The Morgan fingerprint density at radius 1 is 1.53 bits per heavy atom. The molecule has 0 atom stereocenters. The number of nitrogens with one attached hydrogen (secondary N) is 1. The minimum absolute atomic E-state index is 0.0247. The second kappa shape index (κ2) is 5.35. The Morgan fingerprint density at radius 2 is 2.26 bits per heavy atom. The summed E-state index contributed by atoms with van der Waals surface area (Å²) in [5, 5.41) is 19.0. The third-order valence-electron chi connectivity index (χ3n) is 2.31. The summed E-state index contributed by atoms with van der Waals surface area (Å²) in [5.41, 5.74) is -0.0588. The molecule has 19 heavy (non-hydrogen) atoms. The van der Waals surface area contributed by atoms with Crippen molar-refractivity contribution in [2.75, 3.05) is 6.61 Å². The molecule has 6 nitrogen and oxygen atoms in total. The first-order valence-electron chi connectivity index (χ1n) is 5.30. The molecule has 0 radical (unpaired) electrons. The number of aromatic amines is 1. The topological polar surface area (TPSA) is 88.1 Å². The highest BCUT2D eigenvalue weighted by Gasteiger charge is 2.22. The molecule has 0 saturated heterocycles. The Morgan fingerprint density at radius 3 is 2.95 bits per heavy atom. The molecule has 1 aromatic carbocycles. The van der Waals surface area contributed by atoms with E-state index in [1.165, 1.54) is 6.07 Å². The number of nitrogens with zero attached hydrogens (tertiary/aromatic N) is 2. The van der Waals surface area contributed by atoms with E-state index in [-0.39, 0.29) is 33.8 Å². The van der Waals surface area contributed by atoms with Crippen LogP contribution in [0, 0.1) is 5.82 Å². The van der Waals surface area contributed by atoms with Gasteiger partial charge in [0.2, 0.25) is 0 Å². The summed E-state index contributed by atoms with van der Waals surface area (Å²) in [6.07, 6.45) is 0. The maximum atomic E-state index is 13.8. The Hall–Kier alpha value is -1.96. The largest absolute Gasteiger partial charge is 0.507 e. The van der Waals surface area contributed by atoms with Gasteiger partial charge in [-0.2, -0.15) is 10.3 Å². The molecule has 0 bridgehead atoms. The number of phenolic OH excluding ortho intramolecular Hbond substituents is 1. The minimum atomic E-state index is -0.722. The van der Waals surface area contributed by atoms with Gasteiger partial charge < -0.3 is 9.84 Å². The molecule has 0 aliphatic carbocycles. The van der Waals surface area contributed by atoms with Crippen LogP contribution in [0.3, 0.4) is 0 Å². The van der Waals surface area contributed by atoms with Crippen LogP contribution in [-0.2, 0) is 4.74 Å². The SMILES string of the molecule is CCOC(=O)c1n[nH]nc1-c1cc(Br)c(O)cc1F. The van der Waals surface area contributed by atoms with Gasteiger partial charge in [0.15, 0.2) is 5.69 Å². The Kier molecular flexibility index (Phi) is 3.79.